The monoisotopic (exact) mass is 362 g/mol. The third kappa shape index (κ3) is 4.03. The van der Waals surface area contributed by atoms with Gasteiger partial charge in [0.1, 0.15) is 0 Å². The minimum Gasteiger partial charge on any atom is -0.493 e. The Morgan fingerprint density at radius 3 is 1.23 bits per heavy atom. The second-order valence-corrected chi connectivity index (χ2v) is 5.81. The van der Waals surface area contributed by atoms with Gasteiger partial charge in [0, 0.05) is 11.8 Å². The third-order valence-electron chi connectivity index (χ3n) is 4.55. The van der Waals surface area contributed by atoms with E-state index in [0.29, 0.717) is 23.0 Å². The lowest BCUT2D eigenvalue weighted by atomic mass is 9.82. The van der Waals surface area contributed by atoms with Crippen LogP contribution in [0, 0.1) is 0 Å². The van der Waals surface area contributed by atoms with E-state index in [-0.39, 0.29) is 25.0 Å². The van der Waals surface area contributed by atoms with Gasteiger partial charge in [0.2, 0.25) is 0 Å². The predicted octanol–water partition coefficient (Wildman–Crippen LogP) is 2.57. The quantitative estimate of drug-likeness (QED) is 0.714. The molecule has 2 aromatic carbocycles. The Balaban J connectivity index is 2.43. The molecule has 0 unspecified atom stereocenters. The maximum absolute atomic E-state index is 10.0. The number of hydrogen-bond donors (Lipinski definition) is 2. The topological polar surface area (TPSA) is 77.4 Å². The zero-order chi connectivity index (χ0) is 19.1. The fourth-order valence-electron chi connectivity index (χ4n) is 3.10. The molecule has 26 heavy (non-hydrogen) atoms. The number of hydrogen-bond acceptors (Lipinski definition) is 6. The zero-order valence-electron chi connectivity index (χ0n) is 15.6. The lowest BCUT2D eigenvalue weighted by Gasteiger charge is -2.26. The van der Waals surface area contributed by atoms with Crippen molar-refractivity contribution in [2.75, 3.05) is 41.7 Å². The average Bonchev–Trinajstić information content (AvgIpc) is 2.70. The molecule has 0 amide bonds. The van der Waals surface area contributed by atoms with Crippen LogP contribution in [0.2, 0.25) is 0 Å². The summed E-state index contributed by atoms with van der Waals surface area (Å²) in [6.45, 7) is -0.260. The van der Waals surface area contributed by atoms with Crippen LogP contribution in [-0.4, -0.2) is 51.9 Å². The number of aliphatic hydroxyl groups is 2. The van der Waals surface area contributed by atoms with E-state index >= 15 is 0 Å². The molecule has 142 valence electrons. The van der Waals surface area contributed by atoms with E-state index in [4.69, 9.17) is 18.9 Å². The predicted molar refractivity (Wildman–Crippen MR) is 98.7 cm³/mol. The summed E-state index contributed by atoms with van der Waals surface area (Å²) in [7, 11) is 6.27. The molecule has 2 atom stereocenters. The van der Waals surface area contributed by atoms with E-state index < -0.39 is 0 Å². The number of methoxy groups -OCH3 is 4. The molecule has 0 aliphatic heterocycles. The van der Waals surface area contributed by atoms with Crippen molar-refractivity contribution in [3.63, 3.8) is 0 Å². The molecule has 6 nitrogen and oxygen atoms in total. The summed E-state index contributed by atoms with van der Waals surface area (Å²) in [6.07, 6.45) is 0. The molecule has 0 aromatic heterocycles. The van der Waals surface area contributed by atoms with E-state index in [2.05, 4.69) is 0 Å². The van der Waals surface area contributed by atoms with Crippen molar-refractivity contribution < 1.29 is 29.2 Å². The van der Waals surface area contributed by atoms with Crippen LogP contribution in [0.15, 0.2) is 36.4 Å². The van der Waals surface area contributed by atoms with Crippen molar-refractivity contribution in [3.8, 4) is 23.0 Å². The van der Waals surface area contributed by atoms with Crippen molar-refractivity contribution in [3.05, 3.63) is 47.5 Å². The van der Waals surface area contributed by atoms with Gasteiger partial charge in [-0.2, -0.15) is 0 Å². The molecule has 2 N–H and O–H groups in total. The molecule has 6 heteroatoms. The Hall–Kier alpha value is -2.44. The van der Waals surface area contributed by atoms with Crippen LogP contribution < -0.4 is 18.9 Å². The van der Waals surface area contributed by atoms with Crippen molar-refractivity contribution in [2.24, 2.45) is 0 Å². The van der Waals surface area contributed by atoms with Crippen molar-refractivity contribution in [1.29, 1.82) is 0 Å². The first kappa shape index (κ1) is 19.9. The lowest BCUT2D eigenvalue weighted by molar-refractivity contribution is 0.196. The fourth-order valence-corrected chi connectivity index (χ4v) is 3.10. The standard InChI is InChI=1S/C20H26O6/c1-23-17-7-5-13(9-19(17)25-3)15(11-21)16(12-22)14-6-8-18(24-2)20(10-14)26-4/h5-10,15-16,21-22H,11-12H2,1-4H3/t15-,16-/m0/s1. The van der Waals surface area contributed by atoms with Gasteiger partial charge in [-0.3, -0.25) is 0 Å². The molecule has 0 bridgehead atoms. The Labute approximate surface area is 153 Å². The normalized spacial score (nSPS) is 13.0. The minimum atomic E-state index is -0.321. The first-order valence-corrected chi connectivity index (χ1v) is 8.29. The lowest BCUT2D eigenvalue weighted by Crippen LogP contribution is -2.19. The first-order valence-electron chi connectivity index (χ1n) is 8.29. The molecule has 0 saturated heterocycles. The molecule has 0 fully saturated rings. The Morgan fingerprint density at radius 2 is 0.962 bits per heavy atom. The molecular formula is C20H26O6. The van der Waals surface area contributed by atoms with Crippen LogP contribution in [0.25, 0.3) is 0 Å². The molecule has 2 rings (SSSR count). The van der Waals surface area contributed by atoms with Crippen LogP contribution in [0.4, 0.5) is 0 Å². The highest BCUT2D eigenvalue weighted by Gasteiger charge is 2.26. The summed E-state index contributed by atoms with van der Waals surface area (Å²) in [5.74, 6) is 1.73. The van der Waals surface area contributed by atoms with Gasteiger partial charge < -0.3 is 29.2 Å². The van der Waals surface area contributed by atoms with Crippen LogP contribution in [-0.2, 0) is 0 Å². The van der Waals surface area contributed by atoms with Crippen molar-refractivity contribution in [2.45, 2.75) is 11.8 Å². The van der Waals surface area contributed by atoms with Crippen LogP contribution in [0.5, 0.6) is 23.0 Å². The number of rotatable bonds is 9. The Morgan fingerprint density at radius 1 is 0.615 bits per heavy atom. The minimum absolute atomic E-state index is 0.130. The van der Waals surface area contributed by atoms with Crippen molar-refractivity contribution >= 4 is 0 Å². The molecule has 0 saturated carbocycles. The summed E-state index contributed by atoms with van der Waals surface area (Å²) >= 11 is 0. The van der Waals surface area contributed by atoms with Gasteiger partial charge in [-0.25, -0.2) is 0 Å². The van der Waals surface area contributed by atoms with E-state index in [1.54, 1.807) is 40.6 Å². The third-order valence-corrected chi connectivity index (χ3v) is 4.55. The number of ether oxygens (including phenoxy) is 4. The largest absolute Gasteiger partial charge is 0.493 e. The first-order chi connectivity index (χ1) is 12.6. The Kier molecular flexibility index (Phi) is 7.12. The number of aliphatic hydroxyl groups excluding tert-OH is 2. The molecule has 2 aromatic rings. The van der Waals surface area contributed by atoms with Gasteiger partial charge in [0.25, 0.3) is 0 Å². The van der Waals surface area contributed by atoms with E-state index in [0.717, 1.165) is 11.1 Å². The fraction of sp³-hybridized carbons (Fsp3) is 0.400. The SMILES string of the molecule is COc1ccc([C@H](CO)[C@@H](CO)c2ccc(OC)c(OC)c2)cc1OC. The summed E-state index contributed by atoms with van der Waals surface area (Å²) in [5.41, 5.74) is 1.69. The van der Waals surface area contributed by atoms with E-state index in [9.17, 15) is 10.2 Å². The van der Waals surface area contributed by atoms with E-state index in [1.165, 1.54) is 0 Å². The highest BCUT2D eigenvalue weighted by atomic mass is 16.5. The van der Waals surface area contributed by atoms with E-state index in [1.807, 2.05) is 24.3 Å². The highest BCUT2D eigenvalue weighted by molar-refractivity contribution is 5.47. The molecule has 0 heterocycles. The van der Waals surface area contributed by atoms with Crippen LogP contribution in [0.1, 0.15) is 23.0 Å². The van der Waals surface area contributed by atoms with Gasteiger partial charge >= 0.3 is 0 Å². The second-order valence-electron chi connectivity index (χ2n) is 5.81. The smallest absolute Gasteiger partial charge is 0.160 e. The molecule has 0 spiro atoms. The van der Waals surface area contributed by atoms with Crippen molar-refractivity contribution in [1.82, 2.24) is 0 Å². The average molecular weight is 362 g/mol. The molecular weight excluding hydrogens is 336 g/mol. The molecule has 0 aliphatic rings. The van der Waals surface area contributed by atoms with Gasteiger partial charge in [-0.1, -0.05) is 12.1 Å². The molecule has 0 aliphatic carbocycles. The number of benzene rings is 2. The van der Waals surface area contributed by atoms with Crippen LogP contribution >= 0.6 is 0 Å². The molecule has 0 radical (unpaired) electrons. The Bertz CT molecular complexity index is 654. The summed E-state index contributed by atoms with van der Waals surface area (Å²) in [5, 5.41) is 20.0. The van der Waals surface area contributed by atoms with Gasteiger partial charge in [0.05, 0.1) is 41.7 Å². The van der Waals surface area contributed by atoms with Gasteiger partial charge in [0.15, 0.2) is 23.0 Å². The summed E-state index contributed by atoms with van der Waals surface area (Å²) in [6, 6.07) is 11.0. The summed E-state index contributed by atoms with van der Waals surface area (Å²) in [4.78, 5) is 0. The zero-order valence-corrected chi connectivity index (χ0v) is 15.6. The van der Waals surface area contributed by atoms with Crippen LogP contribution in [0.3, 0.4) is 0 Å². The van der Waals surface area contributed by atoms with Gasteiger partial charge in [-0.05, 0) is 35.4 Å². The maximum atomic E-state index is 10.0. The summed E-state index contributed by atoms with van der Waals surface area (Å²) < 4.78 is 21.2. The maximum Gasteiger partial charge on any atom is 0.160 e. The highest BCUT2D eigenvalue weighted by Crippen LogP contribution is 2.39. The van der Waals surface area contributed by atoms with Gasteiger partial charge in [-0.15, -0.1) is 0 Å². The second kappa shape index (κ2) is 9.31.